The zero-order chi connectivity index (χ0) is 14.4. The van der Waals surface area contributed by atoms with E-state index in [1.807, 2.05) is 6.07 Å². The lowest BCUT2D eigenvalue weighted by Gasteiger charge is -2.17. The fourth-order valence-electron chi connectivity index (χ4n) is 2.18. The minimum Gasteiger partial charge on any atom is -0.370 e. The number of nitrogens with one attached hydrogen (secondary N) is 1. The van der Waals surface area contributed by atoms with Gasteiger partial charge >= 0.3 is 0 Å². The molecule has 2 rings (SSSR count). The molecule has 0 aliphatic heterocycles. The normalized spacial score (nSPS) is 10.8. The smallest absolute Gasteiger partial charge is 0.126 e. The van der Waals surface area contributed by atoms with Crippen LogP contribution in [0.15, 0.2) is 42.5 Å². The lowest BCUT2D eigenvalue weighted by Crippen LogP contribution is -2.18. The molecule has 20 heavy (non-hydrogen) atoms. The minimum absolute atomic E-state index is 0.854. The highest BCUT2D eigenvalue weighted by Gasteiger charge is 2.03. The first kappa shape index (κ1) is 14.5. The maximum Gasteiger partial charge on any atom is 0.126 e. The number of aryl methyl sites for hydroxylation is 1. The van der Waals surface area contributed by atoms with Gasteiger partial charge in [-0.05, 0) is 38.6 Å². The third-order valence-electron chi connectivity index (χ3n) is 3.17. The van der Waals surface area contributed by atoms with Crippen molar-refractivity contribution in [1.82, 2.24) is 9.88 Å². The molecule has 0 aliphatic rings. The predicted octanol–water partition coefficient (Wildman–Crippen LogP) is 3.45. The summed E-state index contributed by atoms with van der Waals surface area (Å²) in [5, 5.41) is 3.25. The quantitative estimate of drug-likeness (QED) is 0.870. The van der Waals surface area contributed by atoms with E-state index in [9.17, 15) is 0 Å². The first-order valence-electron chi connectivity index (χ1n) is 7.11. The molecule has 1 N–H and O–H groups in total. The SMILES string of the molecule is CCNc1cccc(CN(C)Cc2ccc(C)cc2)n1. The number of hydrogen-bond acceptors (Lipinski definition) is 3. The van der Waals surface area contributed by atoms with Gasteiger partial charge in [0.2, 0.25) is 0 Å². The Hall–Kier alpha value is -1.87. The summed E-state index contributed by atoms with van der Waals surface area (Å²) in [6.45, 7) is 6.89. The lowest BCUT2D eigenvalue weighted by molar-refractivity contribution is 0.315. The molecule has 2 aromatic rings. The van der Waals surface area contributed by atoms with E-state index in [0.29, 0.717) is 0 Å². The first-order chi connectivity index (χ1) is 9.67. The molecule has 0 unspecified atom stereocenters. The van der Waals surface area contributed by atoms with Gasteiger partial charge in [0.15, 0.2) is 0 Å². The van der Waals surface area contributed by atoms with Gasteiger partial charge in [0.1, 0.15) is 5.82 Å². The Morgan fingerprint density at radius 2 is 1.80 bits per heavy atom. The number of aromatic nitrogens is 1. The first-order valence-corrected chi connectivity index (χ1v) is 7.11. The molecule has 0 saturated heterocycles. The zero-order valence-electron chi connectivity index (χ0n) is 12.6. The summed E-state index contributed by atoms with van der Waals surface area (Å²) in [5.41, 5.74) is 3.73. The molecular weight excluding hydrogens is 246 g/mol. The van der Waals surface area contributed by atoms with Crippen molar-refractivity contribution in [3.63, 3.8) is 0 Å². The van der Waals surface area contributed by atoms with Gasteiger partial charge in [-0.15, -0.1) is 0 Å². The molecule has 3 heteroatoms. The highest BCUT2D eigenvalue weighted by atomic mass is 15.1. The van der Waals surface area contributed by atoms with Crippen LogP contribution in [0.1, 0.15) is 23.7 Å². The fraction of sp³-hybridized carbons (Fsp3) is 0.353. The van der Waals surface area contributed by atoms with Crippen LogP contribution in [0.3, 0.4) is 0 Å². The number of pyridine rings is 1. The molecule has 1 aromatic heterocycles. The number of benzene rings is 1. The maximum atomic E-state index is 4.61. The summed E-state index contributed by atoms with van der Waals surface area (Å²) in [5.74, 6) is 0.953. The van der Waals surface area contributed by atoms with E-state index in [1.54, 1.807) is 0 Å². The van der Waals surface area contributed by atoms with E-state index in [2.05, 4.69) is 72.5 Å². The molecule has 0 fully saturated rings. The summed E-state index contributed by atoms with van der Waals surface area (Å²) in [6.07, 6.45) is 0. The Morgan fingerprint density at radius 1 is 1.05 bits per heavy atom. The molecule has 0 radical (unpaired) electrons. The van der Waals surface area contributed by atoms with Gasteiger partial charge in [0.05, 0.1) is 5.69 Å². The molecule has 1 heterocycles. The second-order valence-electron chi connectivity index (χ2n) is 5.20. The molecule has 3 nitrogen and oxygen atoms in total. The summed E-state index contributed by atoms with van der Waals surface area (Å²) in [6, 6.07) is 14.8. The van der Waals surface area contributed by atoms with Gasteiger partial charge in [-0.3, -0.25) is 4.90 Å². The molecule has 1 aromatic carbocycles. The average Bonchev–Trinajstić information content (AvgIpc) is 2.42. The molecule has 0 bridgehead atoms. The molecule has 0 aliphatic carbocycles. The number of hydrogen-bond donors (Lipinski definition) is 1. The van der Waals surface area contributed by atoms with E-state index in [-0.39, 0.29) is 0 Å². The van der Waals surface area contributed by atoms with E-state index >= 15 is 0 Å². The van der Waals surface area contributed by atoms with Crippen molar-refractivity contribution in [2.75, 3.05) is 18.9 Å². The van der Waals surface area contributed by atoms with Crippen LogP contribution in [0, 0.1) is 6.92 Å². The number of rotatable bonds is 6. The van der Waals surface area contributed by atoms with Crippen molar-refractivity contribution in [2.45, 2.75) is 26.9 Å². The van der Waals surface area contributed by atoms with Crippen LogP contribution < -0.4 is 5.32 Å². The van der Waals surface area contributed by atoms with Crippen LogP contribution >= 0.6 is 0 Å². The largest absolute Gasteiger partial charge is 0.370 e. The van der Waals surface area contributed by atoms with Crippen LogP contribution in [0.25, 0.3) is 0 Å². The Bertz CT molecular complexity index is 534. The molecule has 0 saturated carbocycles. The van der Waals surface area contributed by atoms with Crippen LogP contribution in [0.4, 0.5) is 5.82 Å². The van der Waals surface area contributed by atoms with Gasteiger partial charge in [0.25, 0.3) is 0 Å². The highest BCUT2D eigenvalue weighted by molar-refractivity contribution is 5.35. The van der Waals surface area contributed by atoms with Crippen LogP contribution in [-0.4, -0.2) is 23.5 Å². The van der Waals surface area contributed by atoms with Crippen LogP contribution in [0.5, 0.6) is 0 Å². The molecule has 0 atom stereocenters. The van der Waals surface area contributed by atoms with Crippen molar-refractivity contribution in [3.05, 3.63) is 59.3 Å². The Labute approximate surface area is 121 Å². The van der Waals surface area contributed by atoms with E-state index in [0.717, 1.165) is 31.1 Å². The second kappa shape index (κ2) is 7.06. The van der Waals surface area contributed by atoms with Crippen molar-refractivity contribution in [2.24, 2.45) is 0 Å². The highest BCUT2D eigenvalue weighted by Crippen LogP contribution is 2.10. The van der Waals surface area contributed by atoms with E-state index < -0.39 is 0 Å². The number of anilines is 1. The van der Waals surface area contributed by atoms with Crippen molar-refractivity contribution in [3.8, 4) is 0 Å². The summed E-state index contributed by atoms with van der Waals surface area (Å²) in [4.78, 5) is 6.89. The van der Waals surface area contributed by atoms with Gasteiger partial charge in [-0.2, -0.15) is 0 Å². The fourth-order valence-corrected chi connectivity index (χ4v) is 2.18. The van der Waals surface area contributed by atoms with E-state index in [4.69, 9.17) is 0 Å². The van der Waals surface area contributed by atoms with Crippen molar-refractivity contribution in [1.29, 1.82) is 0 Å². The van der Waals surface area contributed by atoms with Gasteiger partial charge in [-0.1, -0.05) is 35.9 Å². The lowest BCUT2D eigenvalue weighted by atomic mass is 10.1. The molecule has 0 spiro atoms. The predicted molar refractivity (Wildman–Crippen MR) is 84.8 cm³/mol. The average molecular weight is 269 g/mol. The van der Waals surface area contributed by atoms with Crippen LogP contribution in [-0.2, 0) is 13.1 Å². The summed E-state index contributed by atoms with van der Waals surface area (Å²) < 4.78 is 0. The summed E-state index contributed by atoms with van der Waals surface area (Å²) in [7, 11) is 2.13. The van der Waals surface area contributed by atoms with Crippen LogP contribution in [0.2, 0.25) is 0 Å². The zero-order valence-corrected chi connectivity index (χ0v) is 12.6. The standard InChI is InChI=1S/C17H23N3/c1-4-18-17-7-5-6-16(19-17)13-20(3)12-15-10-8-14(2)9-11-15/h5-11H,4,12-13H2,1-3H3,(H,18,19). The Morgan fingerprint density at radius 3 is 2.50 bits per heavy atom. The van der Waals surface area contributed by atoms with Gasteiger partial charge < -0.3 is 5.32 Å². The molecule has 0 amide bonds. The number of nitrogens with zero attached hydrogens (tertiary/aromatic N) is 2. The van der Waals surface area contributed by atoms with Gasteiger partial charge in [0, 0.05) is 19.6 Å². The molecule has 106 valence electrons. The monoisotopic (exact) mass is 269 g/mol. The summed E-state index contributed by atoms with van der Waals surface area (Å²) >= 11 is 0. The van der Waals surface area contributed by atoms with Crippen molar-refractivity contribution < 1.29 is 0 Å². The second-order valence-corrected chi connectivity index (χ2v) is 5.20. The molecular formula is C17H23N3. The third-order valence-corrected chi connectivity index (χ3v) is 3.17. The van der Waals surface area contributed by atoms with Crippen molar-refractivity contribution >= 4 is 5.82 Å². The Balaban J connectivity index is 1.95. The van der Waals surface area contributed by atoms with E-state index in [1.165, 1.54) is 11.1 Å². The Kier molecular flexibility index (Phi) is 5.13. The van der Waals surface area contributed by atoms with Gasteiger partial charge in [-0.25, -0.2) is 4.98 Å². The maximum absolute atomic E-state index is 4.61. The topological polar surface area (TPSA) is 28.2 Å². The minimum atomic E-state index is 0.854. The third kappa shape index (κ3) is 4.35.